The number of aromatic amines is 1. The van der Waals surface area contributed by atoms with Crippen LogP contribution in [0.4, 0.5) is 14.5 Å². The van der Waals surface area contributed by atoms with Crippen LogP contribution < -0.4 is 10.1 Å². The Morgan fingerprint density at radius 3 is 2.62 bits per heavy atom. The number of hydrogen-bond donors (Lipinski definition) is 2. The molecule has 0 unspecified atom stereocenters. The third-order valence-corrected chi connectivity index (χ3v) is 3.82. The Balaban J connectivity index is 1.80. The average Bonchev–Trinajstić information content (AvgIpc) is 3.07. The van der Waals surface area contributed by atoms with Crippen molar-refractivity contribution in [3.8, 4) is 17.0 Å². The van der Waals surface area contributed by atoms with Gasteiger partial charge in [0.25, 0.3) is 5.91 Å². The lowest BCUT2D eigenvalue weighted by Crippen LogP contribution is -2.14. The number of carbonyl (C=O) groups excluding carboxylic acids is 1. The number of alkyl halides is 2. The van der Waals surface area contributed by atoms with Crippen LogP contribution in [0.5, 0.6) is 5.75 Å². The van der Waals surface area contributed by atoms with Crippen LogP contribution in [-0.2, 0) is 0 Å². The summed E-state index contributed by atoms with van der Waals surface area (Å²) in [4.78, 5) is 12.4. The Bertz CT molecular complexity index is 926. The van der Waals surface area contributed by atoms with Crippen molar-refractivity contribution in [1.82, 2.24) is 10.2 Å². The van der Waals surface area contributed by atoms with Gasteiger partial charge in [0.2, 0.25) is 0 Å². The van der Waals surface area contributed by atoms with Crippen molar-refractivity contribution in [2.24, 2.45) is 0 Å². The Morgan fingerprint density at radius 2 is 1.92 bits per heavy atom. The van der Waals surface area contributed by atoms with Gasteiger partial charge in [-0.15, -0.1) is 0 Å². The fourth-order valence-corrected chi connectivity index (χ4v) is 2.45. The van der Waals surface area contributed by atoms with Crippen molar-refractivity contribution in [1.29, 1.82) is 0 Å². The van der Waals surface area contributed by atoms with Gasteiger partial charge in [0.15, 0.2) is 0 Å². The van der Waals surface area contributed by atoms with Crippen LogP contribution in [0.25, 0.3) is 11.3 Å². The summed E-state index contributed by atoms with van der Waals surface area (Å²) in [6, 6.07) is 13.1. The quantitative estimate of drug-likeness (QED) is 0.665. The number of hydrogen-bond acceptors (Lipinski definition) is 3. The molecule has 3 aromatic rings. The molecule has 3 rings (SSSR count). The van der Waals surface area contributed by atoms with Crippen molar-refractivity contribution >= 4 is 23.2 Å². The maximum Gasteiger partial charge on any atom is 0.387 e. The highest BCUT2D eigenvalue weighted by molar-refractivity contribution is 6.30. The van der Waals surface area contributed by atoms with Crippen LogP contribution in [0.2, 0.25) is 5.02 Å². The molecule has 8 heteroatoms. The minimum Gasteiger partial charge on any atom is -0.433 e. The van der Waals surface area contributed by atoms with Crippen LogP contribution in [-0.4, -0.2) is 22.7 Å². The number of rotatable bonds is 5. The van der Waals surface area contributed by atoms with Gasteiger partial charge in [-0.25, -0.2) is 0 Å². The summed E-state index contributed by atoms with van der Waals surface area (Å²) in [7, 11) is 0. The highest BCUT2D eigenvalue weighted by Gasteiger charge is 2.15. The van der Waals surface area contributed by atoms with Crippen molar-refractivity contribution in [2.45, 2.75) is 13.5 Å². The van der Waals surface area contributed by atoms with Gasteiger partial charge < -0.3 is 10.1 Å². The van der Waals surface area contributed by atoms with E-state index >= 15 is 0 Å². The van der Waals surface area contributed by atoms with Crippen molar-refractivity contribution in [2.75, 3.05) is 5.32 Å². The maximum atomic E-state index is 12.6. The van der Waals surface area contributed by atoms with Crippen LogP contribution in [0.15, 0.2) is 48.5 Å². The topological polar surface area (TPSA) is 67.0 Å². The first kappa shape index (κ1) is 17.9. The highest BCUT2D eigenvalue weighted by atomic mass is 35.5. The molecule has 2 aromatic carbocycles. The zero-order chi connectivity index (χ0) is 18.7. The molecule has 0 spiro atoms. The zero-order valence-electron chi connectivity index (χ0n) is 13.6. The predicted molar refractivity (Wildman–Crippen MR) is 94.8 cm³/mol. The van der Waals surface area contributed by atoms with Gasteiger partial charge >= 0.3 is 6.61 Å². The second-order valence-corrected chi connectivity index (χ2v) is 5.94. The van der Waals surface area contributed by atoms with Crippen molar-refractivity contribution in [3.63, 3.8) is 0 Å². The number of carbonyl (C=O) groups is 1. The lowest BCUT2D eigenvalue weighted by molar-refractivity contribution is -0.0494. The highest BCUT2D eigenvalue weighted by Crippen LogP contribution is 2.28. The van der Waals surface area contributed by atoms with E-state index in [9.17, 15) is 13.6 Å². The molecular weight excluding hydrogens is 364 g/mol. The van der Waals surface area contributed by atoms with E-state index in [0.717, 1.165) is 11.1 Å². The fourth-order valence-electron chi connectivity index (χ4n) is 2.32. The lowest BCUT2D eigenvalue weighted by atomic mass is 10.1. The van der Waals surface area contributed by atoms with Gasteiger partial charge in [0.1, 0.15) is 11.4 Å². The number of benzene rings is 2. The second kappa shape index (κ2) is 7.53. The van der Waals surface area contributed by atoms with Gasteiger partial charge in [-0.1, -0.05) is 29.8 Å². The number of nitrogens with zero attached hydrogens (tertiary/aromatic N) is 1. The Kier molecular flexibility index (Phi) is 5.18. The summed E-state index contributed by atoms with van der Waals surface area (Å²) in [6.45, 7) is -1.26. The second-order valence-electron chi connectivity index (χ2n) is 5.51. The number of amides is 1. The molecule has 134 valence electrons. The molecule has 1 amide bonds. The molecule has 0 atom stereocenters. The van der Waals surface area contributed by atoms with E-state index in [1.807, 2.05) is 0 Å². The van der Waals surface area contributed by atoms with E-state index in [1.54, 1.807) is 43.3 Å². The molecule has 0 fully saturated rings. The molecule has 2 N–H and O–H groups in total. The molecule has 5 nitrogen and oxygen atoms in total. The number of aromatic nitrogens is 2. The molecule has 0 aliphatic rings. The van der Waals surface area contributed by atoms with Crippen LogP contribution in [0.3, 0.4) is 0 Å². The maximum absolute atomic E-state index is 12.6. The normalized spacial score (nSPS) is 10.8. The molecule has 0 radical (unpaired) electrons. The SMILES string of the molecule is Cc1ccc(NC(=O)c2cc(-c3ccc(Cl)cc3)n[nH]2)c(OC(F)F)c1. The summed E-state index contributed by atoms with van der Waals surface area (Å²) in [6.07, 6.45) is 0. The predicted octanol–water partition coefficient (Wildman–Crippen LogP) is 4.89. The summed E-state index contributed by atoms with van der Waals surface area (Å²) < 4.78 is 29.6. The van der Waals surface area contributed by atoms with Crippen LogP contribution in [0, 0.1) is 6.92 Å². The number of anilines is 1. The molecule has 26 heavy (non-hydrogen) atoms. The molecular formula is C18H14ClF2N3O2. The van der Waals surface area contributed by atoms with E-state index in [-0.39, 0.29) is 17.1 Å². The lowest BCUT2D eigenvalue weighted by Gasteiger charge is -2.12. The van der Waals surface area contributed by atoms with Crippen LogP contribution >= 0.6 is 11.6 Å². The first-order chi connectivity index (χ1) is 12.4. The third-order valence-electron chi connectivity index (χ3n) is 3.56. The van der Waals surface area contributed by atoms with Gasteiger partial charge in [0.05, 0.1) is 11.4 Å². The van der Waals surface area contributed by atoms with E-state index in [1.165, 1.54) is 12.1 Å². The minimum atomic E-state index is -2.99. The molecule has 0 aliphatic heterocycles. The smallest absolute Gasteiger partial charge is 0.387 e. The van der Waals surface area contributed by atoms with Crippen molar-refractivity contribution in [3.05, 3.63) is 64.8 Å². The zero-order valence-corrected chi connectivity index (χ0v) is 14.3. The number of H-pyrrole nitrogens is 1. The largest absolute Gasteiger partial charge is 0.433 e. The summed E-state index contributed by atoms with van der Waals surface area (Å²) in [5.74, 6) is -0.633. The number of aryl methyl sites for hydroxylation is 1. The van der Waals surface area contributed by atoms with Gasteiger partial charge in [0, 0.05) is 10.6 Å². The summed E-state index contributed by atoms with van der Waals surface area (Å²) in [5.41, 5.74) is 2.38. The number of ether oxygens (including phenoxy) is 1. The number of halogens is 3. The first-order valence-corrected chi connectivity index (χ1v) is 7.98. The van der Waals surface area contributed by atoms with Gasteiger partial charge in [-0.3, -0.25) is 9.89 Å². The first-order valence-electron chi connectivity index (χ1n) is 7.60. The van der Waals surface area contributed by atoms with Gasteiger partial charge in [-0.05, 0) is 42.8 Å². The monoisotopic (exact) mass is 377 g/mol. The van der Waals surface area contributed by atoms with E-state index in [0.29, 0.717) is 10.7 Å². The Labute approximate surface area is 152 Å². The average molecular weight is 378 g/mol. The minimum absolute atomic E-state index is 0.106. The summed E-state index contributed by atoms with van der Waals surface area (Å²) in [5, 5.41) is 9.84. The molecule has 0 saturated carbocycles. The molecule has 0 saturated heterocycles. The van der Waals surface area contributed by atoms with Crippen molar-refractivity contribution < 1.29 is 18.3 Å². The fraction of sp³-hybridized carbons (Fsp3) is 0.111. The van der Waals surface area contributed by atoms with E-state index < -0.39 is 12.5 Å². The molecule has 1 aromatic heterocycles. The van der Waals surface area contributed by atoms with Crippen LogP contribution in [0.1, 0.15) is 16.1 Å². The Hall–Kier alpha value is -2.93. The molecule has 1 heterocycles. The van der Waals surface area contributed by atoms with E-state index in [4.69, 9.17) is 11.6 Å². The number of nitrogens with one attached hydrogen (secondary N) is 2. The van der Waals surface area contributed by atoms with E-state index in [2.05, 4.69) is 20.3 Å². The molecule has 0 aliphatic carbocycles. The standard InChI is InChI=1S/C18H14ClF2N3O2/c1-10-2-7-13(16(8-10)26-18(20)21)22-17(25)15-9-14(23-24-15)11-3-5-12(19)6-4-11/h2-9,18H,1H3,(H,22,25)(H,23,24). The summed E-state index contributed by atoms with van der Waals surface area (Å²) >= 11 is 5.85. The third kappa shape index (κ3) is 4.18. The Morgan fingerprint density at radius 1 is 1.19 bits per heavy atom. The molecule has 0 bridgehead atoms. The van der Waals surface area contributed by atoms with Gasteiger partial charge in [-0.2, -0.15) is 13.9 Å².